The molecule has 2 N–H and O–H groups in total. The Labute approximate surface area is 113 Å². The lowest BCUT2D eigenvalue weighted by molar-refractivity contribution is -0.132. The maximum absolute atomic E-state index is 12.3. The number of carbonyl (C=O) groups is 1. The molecule has 0 aliphatic heterocycles. The molecule has 19 heavy (non-hydrogen) atoms. The van der Waals surface area contributed by atoms with Gasteiger partial charge in [0.05, 0.1) is 11.0 Å². The van der Waals surface area contributed by atoms with Crippen LogP contribution in [0.4, 0.5) is 5.95 Å². The molecule has 5 heteroatoms. The van der Waals surface area contributed by atoms with Crippen molar-refractivity contribution in [3.63, 3.8) is 0 Å². The van der Waals surface area contributed by atoms with E-state index in [2.05, 4.69) is 4.98 Å². The fourth-order valence-electron chi connectivity index (χ4n) is 2.32. The number of hydrogen-bond acceptors (Lipinski definition) is 3. The smallest absolute Gasteiger partial charge is 0.245 e. The summed E-state index contributed by atoms with van der Waals surface area (Å²) in [6, 6.07) is 5.51. The molecule has 0 radical (unpaired) electrons. The summed E-state index contributed by atoms with van der Waals surface area (Å²) >= 11 is 0. The minimum Gasteiger partial charge on any atom is -0.369 e. The summed E-state index contributed by atoms with van der Waals surface area (Å²) < 4.78 is 1.82. The van der Waals surface area contributed by atoms with E-state index >= 15 is 0 Å². The fraction of sp³-hybridized carbons (Fsp3) is 0.429. The van der Waals surface area contributed by atoms with Crippen molar-refractivity contribution in [2.75, 3.05) is 19.3 Å². The van der Waals surface area contributed by atoms with Crippen molar-refractivity contribution in [2.24, 2.45) is 0 Å². The van der Waals surface area contributed by atoms with Gasteiger partial charge in [-0.15, -0.1) is 0 Å². The zero-order chi connectivity index (χ0) is 14.2. The molecule has 0 bridgehead atoms. The first-order chi connectivity index (χ1) is 8.97. The quantitative estimate of drug-likeness (QED) is 0.917. The number of benzene rings is 1. The van der Waals surface area contributed by atoms with Crippen molar-refractivity contribution in [1.29, 1.82) is 0 Å². The molecule has 0 saturated heterocycles. The summed E-state index contributed by atoms with van der Waals surface area (Å²) in [5, 5.41) is 0. The molecule has 5 nitrogen and oxygen atoms in total. The average molecular weight is 260 g/mol. The Morgan fingerprint density at radius 3 is 2.84 bits per heavy atom. The van der Waals surface area contributed by atoms with Crippen molar-refractivity contribution >= 4 is 22.9 Å². The lowest BCUT2D eigenvalue weighted by Crippen LogP contribution is -2.33. The Morgan fingerprint density at radius 2 is 2.21 bits per heavy atom. The molecule has 0 spiro atoms. The van der Waals surface area contributed by atoms with Crippen LogP contribution in [0, 0.1) is 6.92 Å². The highest BCUT2D eigenvalue weighted by molar-refractivity contribution is 5.87. The van der Waals surface area contributed by atoms with Crippen LogP contribution in [0.3, 0.4) is 0 Å². The van der Waals surface area contributed by atoms with Crippen molar-refractivity contribution in [2.45, 2.75) is 26.8 Å². The van der Waals surface area contributed by atoms with Gasteiger partial charge < -0.3 is 10.6 Å². The number of para-hydroxylation sites is 1. The van der Waals surface area contributed by atoms with Crippen LogP contribution < -0.4 is 5.73 Å². The zero-order valence-electron chi connectivity index (χ0n) is 11.8. The van der Waals surface area contributed by atoms with E-state index in [-0.39, 0.29) is 11.9 Å². The van der Waals surface area contributed by atoms with Crippen molar-refractivity contribution in [3.8, 4) is 0 Å². The number of rotatable bonds is 3. The first kappa shape index (κ1) is 13.4. The van der Waals surface area contributed by atoms with E-state index in [0.29, 0.717) is 12.5 Å². The maximum atomic E-state index is 12.3. The van der Waals surface area contributed by atoms with Crippen LogP contribution >= 0.6 is 0 Å². The Bertz CT molecular complexity index is 617. The number of likely N-dealkylation sites (N-methyl/N-ethyl adjacent to an activating group) is 1. The van der Waals surface area contributed by atoms with Crippen LogP contribution in [0.25, 0.3) is 11.0 Å². The average Bonchev–Trinajstić information content (AvgIpc) is 2.73. The Kier molecular flexibility index (Phi) is 3.46. The van der Waals surface area contributed by atoms with Crippen LogP contribution in [0.2, 0.25) is 0 Å². The number of anilines is 1. The summed E-state index contributed by atoms with van der Waals surface area (Å²) in [6.45, 7) is 6.49. The number of amides is 1. The van der Waals surface area contributed by atoms with Crippen LogP contribution in [0.1, 0.15) is 25.5 Å². The predicted molar refractivity (Wildman–Crippen MR) is 76.9 cm³/mol. The third-order valence-electron chi connectivity index (χ3n) is 3.53. The number of hydrogen-bond donors (Lipinski definition) is 1. The molecule has 1 aromatic heterocycles. The van der Waals surface area contributed by atoms with E-state index in [1.54, 1.807) is 11.9 Å². The number of fused-ring (bicyclic) bond motifs is 1. The van der Waals surface area contributed by atoms with Gasteiger partial charge in [0, 0.05) is 13.6 Å². The van der Waals surface area contributed by atoms with E-state index in [9.17, 15) is 4.79 Å². The fourth-order valence-corrected chi connectivity index (χ4v) is 2.32. The topological polar surface area (TPSA) is 64.2 Å². The van der Waals surface area contributed by atoms with Crippen LogP contribution in [-0.2, 0) is 4.79 Å². The van der Waals surface area contributed by atoms with Gasteiger partial charge in [-0.3, -0.25) is 9.36 Å². The highest BCUT2D eigenvalue weighted by Crippen LogP contribution is 2.26. The summed E-state index contributed by atoms with van der Waals surface area (Å²) in [7, 11) is 1.79. The molecule has 0 fully saturated rings. The third-order valence-corrected chi connectivity index (χ3v) is 3.53. The third kappa shape index (κ3) is 2.16. The number of aromatic nitrogens is 2. The molecule has 1 amide bonds. The van der Waals surface area contributed by atoms with E-state index < -0.39 is 0 Å². The second-order valence-electron chi connectivity index (χ2n) is 4.81. The highest BCUT2D eigenvalue weighted by Gasteiger charge is 2.23. The second-order valence-corrected chi connectivity index (χ2v) is 4.81. The summed E-state index contributed by atoms with van der Waals surface area (Å²) in [6.07, 6.45) is 0. The molecular weight excluding hydrogens is 240 g/mol. The van der Waals surface area contributed by atoms with Crippen molar-refractivity contribution < 1.29 is 4.79 Å². The molecule has 0 saturated carbocycles. The first-order valence-corrected chi connectivity index (χ1v) is 6.45. The molecule has 1 unspecified atom stereocenters. The van der Waals surface area contributed by atoms with Gasteiger partial charge in [-0.1, -0.05) is 12.1 Å². The second kappa shape index (κ2) is 4.91. The summed E-state index contributed by atoms with van der Waals surface area (Å²) in [4.78, 5) is 18.3. The van der Waals surface area contributed by atoms with Crippen LogP contribution in [0.5, 0.6) is 0 Å². The molecule has 0 aliphatic carbocycles. The van der Waals surface area contributed by atoms with Gasteiger partial charge in [0.25, 0.3) is 0 Å². The number of imidazole rings is 1. The number of carbonyl (C=O) groups excluding carboxylic acids is 1. The summed E-state index contributed by atoms with van der Waals surface area (Å²) in [5.41, 5.74) is 8.82. The number of nitrogen functional groups attached to an aromatic ring is 1. The lowest BCUT2D eigenvalue weighted by Gasteiger charge is -2.22. The normalized spacial score (nSPS) is 12.6. The number of aryl methyl sites for hydroxylation is 1. The standard InChI is InChI=1S/C14H20N4O/c1-5-17(4)13(19)10(3)18-12-9(2)7-6-8-11(12)16-14(18)15/h6-8,10H,5H2,1-4H3,(H2,15,16). The molecular formula is C14H20N4O. The maximum Gasteiger partial charge on any atom is 0.245 e. The van der Waals surface area contributed by atoms with Crippen molar-refractivity contribution in [1.82, 2.24) is 14.5 Å². The highest BCUT2D eigenvalue weighted by atomic mass is 16.2. The zero-order valence-corrected chi connectivity index (χ0v) is 11.8. The van der Waals surface area contributed by atoms with Gasteiger partial charge in [0.2, 0.25) is 11.9 Å². The Morgan fingerprint density at radius 1 is 1.53 bits per heavy atom. The minimum absolute atomic E-state index is 0.0387. The first-order valence-electron chi connectivity index (χ1n) is 6.45. The monoisotopic (exact) mass is 260 g/mol. The van der Waals surface area contributed by atoms with Gasteiger partial charge in [-0.25, -0.2) is 4.98 Å². The lowest BCUT2D eigenvalue weighted by atomic mass is 10.2. The van der Waals surface area contributed by atoms with E-state index in [1.807, 2.05) is 43.5 Å². The molecule has 2 aromatic rings. The van der Waals surface area contributed by atoms with Gasteiger partial charge in [-0.2, -0.15) is 0 Å². The molecule has 102 valence electrons. The molecule has 1 aromatic carbocycles. The molecule has 1 atom stereocenters. The van der Waals surface area contributed by atoms with E-state index in [0.717, 1.165) is 16.6 Å². The van der Waals surface area contributed by atoms with E-state index in [4.69, 9.17) is 5.73 Å². The van der Waals surface area contributed by atoms with Gasteiger partial charge in [0.15, 0.2) is 0 Å². The Hall–Kier alpha value is -2.04. The van der Waals surface area contributed by atoms with Gasteiger partial charge in [0.1, 0.15) is 6.04 Å². The number of nitrogens with zero attached hydrogens (tertiary/aromatic N) is 3. The van der Waals surface area contributed by atoms with Gasteiger partial charge >= 0.3 is 0 Å². The van der Waals surface area contributed by atoms with Crippen molar-refractivity contribution in [3.05, 3.63) is 23.8 Å². The molecule has 0 aliphatic rings. The minimum atomic E-state index is -0.351. The largest absolute Gasteiger partial charge is 0.369 e. The summed E-state index contributed by atoms with van der Waals surface area (Å²) in [5.74, 6) is 0.423. The van der Waals surface area contributed by atoms with Gasteiger partial charge in [-0.05, 0) is 32.4 Å². The molecule has 2 rings (SSSR count). The van der Waals surface area contributed by atoms with E-state index in [1.165, 1.54) is 0 Å². The predicted octanol–water partition coefficient (Wildman–Crippen LogP) is 1.97. The SMILES string of the molecule is CCN(C)C(=O)C(C)n1c(N)nc2cccc(C)c21. The van der Waals surface area contributed by atoms with Crippen LogP contribution in [0.15, 0.2) is 18.2 Å². The van der Waals surface area contributed by atoms with Crippen LogP contribution in [-0.4, -0.2) is 34.0 Å². The molecule has 1 heterocycles. The number of nitrogens with two attached hydrogens (primary N) is 1. The Balaban J connectivity index is 2.56.